The molecule has 0 radical (unpaired) electrons. The third-order valence-corrected chi connectivity index (χ3v) is 3.82. The van der Waals surface area contributed by atoms with Crippen LogP contribution in [-0.2, 0) is 0 Å². The molecule has 0 aliphatic heterocycles. The van der Waals surface area contributed by atoms with Crippen LogP contribution in [0.4, 0.5) is 5.82 Å². The lowest BCUT2D eigenvalue weighted by atomic mass is 10.3. The molecule has 1 aromatic rings. The summed E-state index contributed by atoms with van der Waals surface area (Å²) in [5.41, 5.74) is 0.360. The summed E-state index contributed by atoms with van der Waals surface area (Å²) in [6, 6.07) is 1.03. The number of amides is 1. The summed E-state index contributed by atoms with van der Waals surface area (Å²) >= 11 is 0. The summed E-state index contributed by atoms with van der Waals surface area (Å²) in [6.45, 7) is 5.69. The van der Waals surface area contributed by atoms with Gasteiger partial charge in [-0.25, -0.2) is 9.97 Å². The quantitative estimate of drug-likeness (QED) is 0.760. The molecule has 1 aliphatic rings. The second-order valence-electron chi connectivity index (χ2n) is 5.67. The molecule has 1 fully saturated rings. The van der Waals surface area contributed by atoms with E-state index in [9.17, 15) is 4.79 Å². The standard InChI is InChI=1S/C15H25N5O/c1-4-7-16-14-10-17-13(9-18-14)15(21)19-8-11(2)20(3)12-5-6-12/h9-12H,4-8H2,1-3H3,(H,16,18)(H,19,21). The summed E-state index contributed by atoms with van der Waals surface area (Å²) < 4.78 is 0. The lowest BCUT2D eigenvalue weighted by Gasteiger charge is -2.24. The molecule has 1 amide bonds. The summed E-state index contributed by atoms with van der Waals surface area (Å²) in [7, 11) is 2.11. The van der Waals surface area contributed by atoms with E-state index >= 15 is 0 Å². The van der Waals surface area contributed by atoms with Gasteiger partial charge in [-0.3, -0.25) is 9.69 Å². The molecule has 1 atom stereocenters. The van der Waals surface area contributed by atoms with Gasteiger partial charge in [-0.15, -0.1) is 0 Å². The van der Waals surface area contributed by atoms with Gasteiger partial charge < -0.3 is 10.6 Å². The second-order valence-corrected chi connectivity index (χ2v) is 5.67. The van der Waals surface area contributed by atoms with Gasteiger partial charge in [-0.1, -0.05) is 6.92 Å². The Morgan fingerprint density at radius 1 is 1.43 bits per heavy atom. The van der Waals surface area contributed by atoms with Crippen LogP contribution in [0, 0.1) is 0 Å². The van der Waals surface area contributed by atoms with Gasteiger partial charge in [0, 0.05) is 25.2 Å². The van der Waals surface area contributed by atoms with Crippen molar-refractivity contribution in [2.45, 2.75) is 45.2 Å². The smallest absolute Gasteiger partial charge is 0.271 e. The van der Waals surface area contributed by atoms with Crippen LogP contribution in [-0.4, -0.2) is 53.0 Å². The second kappa shape index (κ2) is 7.36. The van der Waals surface area contributed by atoms with Crippen molar-refractivity contribution in [2.24, 2.45) is 0 Å². The molecule has 1 aliphatic carbocycles. The number of likely N-dealkylation sites (N-methyl/N-ethyl adjacent to an activating group) is 1. The van der Waals surface area contributed by atoms with Crippen LogP contribution in [0.3, 0.4) is 0 Å². The SMILES string of the molecule is CCCNc1cnc(C(=O)NCC(C)N(C)C2CC2)cn1. The molecule has 0 saturated heterocycles. The van der Waals surface area contributed by atoms with Crippen LogP contribution in [0.1, 0.15) is 43.6 Å². The first-order valence-electron chi connectivity index (χ1n) is 7.68. The maximum Gasteiger partial charge on any atom is 0.271 e. The van der Waals surface area contributed by atoms with Crippen molar-refractivity contribution in [2.75, 3.05) is 25.5 Å². The predicted octanol–water partition coefficient (Wildman–Crippen LogP) is 1.51. The lowest BCUT2D eigenvalue weighted by Crippen LogP contribution is -2.41. The Labute approximate surface area is 126 Å². The summed E-state index contributed by atoms with van der Waals surface area (Å²) in [5, 5.41) is 6.05. The molecular formula is C15H25N5O. The largest absolute Gasteiger partial charge is 0.369 e. The van der Waals surface area contributed by atoms with Crippen LogP contribution >= 0.6 is 0 Å². The van der Waals surface area contributed by atoms with Gasteiger partial charge in [0.1, 0.15) is 11.5 Å². The average Bonchev–Trinajstić information content (AvgIpc) is 3.34. The van der Waals surface area contributed by atoms with Crippen LogP contribution < -0.4 is 10.6 Å². The Morgan fingerprint density at radius 3 is 2.76 bits per heavy atom. The van der Waals surface area contributed by atoms with Gasteiger partial charge in [-0.05, 0) is 33.2 Å². The van der Waals surface area contributed by atoms with Gasteiger partial charge in [0.2, 0.25) is 0 Å². The zero-order valence-electron chi connectivity index (χ0n) is 13.1. The van der Waals surface area contributed by atoms with Crippen molar-refractivity contribution in [3.63, 3.8) is 0 Å². The first kappa shape index (κ1) is 15.7. The molecule has 0 aromatic carbocycles. The number of rotatable bonds is 8. The maximum atomic E-state index is 12.0. The van der Waals surface area contributed by atoms with Crippen LogP contribution in [0.25, 0.3) is 0 Å². The fraction of sp³-hybridized carbons (Fsp3) is 0.667. The Balaban J connectivity index is 1.79. The van der Waals surface area contributed by atoms with Gasteiger partial charge in [0.15, 0.2) is 0 Å². The fourth-order valence-electron chi connectivity index (χ4n) is 2.11. The maximum absolute atomic E-state index is 12.0. The monoisotopic (exact) mass is 291 g/mol. The summed E-state index contributed by atoms with van der Waals surface area (Å²) in [5.74, 6) is 0.538. The lowest BCUT2D eigenvalue weighted by molar-refractivity contribution is 0.0934. The Hall–Kier alpha value is -1.69. The highest BCUT2D eigenvalue weighted by molar-refractivity contribution is 5.92. The minimum Gasteiger partial charge on any atom is -0.369 e. The average molecular weight is 291 g/mol. The molecule has 0 spiro atoms. The summed E-state index contributed by atoms with van der Waals surface area (Å²) in [6.07, 6.45) is 6.68. The van der Waals surface area contributed by atoms with Gasteiger partial charge in [0.05, 0.1) is 12.4 Å². The van der Waals surface area contributed by atoms with Crippen molar-refractivity contribution < 1.29 is 4.79 Å². The number of hydrogen-bond donors (Lipinski definition) is 2. The third kappa shape index (κ3) is 4.67. The Morgan fingerprint density at radius 2 is 2.19 bits per heavy atom. The molecule has 116 valence electrons. The zero-order chi connectivity index (χ0) is 15.2. The molecule has 2 rings (SSSR count). The zero-order valence-corrected chi connectivity index (χ0v) is 13.1. The van der Waals surface area contributed by atoms with E-state index in [-0.39, 0.29) is 5.91 Å². The van der Waals surface area contributed by atoms with Crippen molar-refractivity contribution in [1.82, 2.24) is 20.2 Å². The third-order valence-electron chi connectivity index (χ3n) is 3.82. The van der Waals surface area contributed by atoms with E-state index in [1.54, 1.807) is 6.20 Å². The minimum absolute atomic E-state index is 0.166. The number of aromatic nitrogens is 2. The molecule has 1 saturated carbocycles. The molecule has 1 aromatic heterocycles. The van der Waals surface area contributed by atoms with Crippen LogP contribution in [0.2, 0.25) is 0 Å². The van der Waals surface area contributed by atoms with Crippen molar-refractivity contribution in [3.05, 3.63) is 18.1 Å². The molecule has 6 heteroatoms. The number of nitrogens with zero attached hydrogens (tertiary/aromatic N) is 3. The highest BCUT2D eigenvalue weighted by Crippen LogP contribution is 2.26. The molecular weight excluding hydrogens is 266 g/mol. The molecule has 1 heterocycles. The predicted molar refractivity (Wildman–Crippen MR) is 83.4 cm³/mol. The first-order chi connectivity index (χ1) is 10.1. The topological polar surface area (TPSA) is 70.2 Å². The molecule has 6 nitrogen and oxygen atoms in total. The Kier molecular flexibility index (Phi) is 5.50. The Bertz CT molecular complexity index is 458. The highest BCUT2D eigenvalue weighted by Gasteiger charge is 2.29. The van der Waals surface area contributed by atoms with Crippen molar-refractivity contribution in [3.8, 4) is 0 Å². The fourth-order valence-corrected chi connectivity index (χ4v) is 2.11. The highest BCUT2D eigenvalue weighted by atomic mass is 16.1. The van der Waals surface area contributed by atoms with Gasteiger partial charge >= 0.3 is 0 Å². The van der Waals surface area contributed by atoms with E-state index in [2.05, 4.69) is 46.4 Å². The van der Waals surface area contributed by atoms with Gasteiger partial charge in [-0.2, -0.15) is 0 Å². The van der Waals surface area contributed by atoms with E-state index in [0.717, 1.165) is 13.0 Å². The number of anilines is 1. The number of nitrogens with one attached hydrogen (secondary N) is 2. The number of carbonyl (C=O) groups is 1. The van der Waals surface area contributed by atoms with Crippen molar-refractivity contribution >= 4 is 11.7 Å². The van der Waals surface area contributed by atoms with E-state index < -0.39 is 0 Å². The van der Waals surface area contributed by atoms with E-state index in [4.69, 9.17) is 0 Å². The summed E-state index contributed by atoms with van der Waals surface area (Å²) in [4.78, 5) is 22.7. The first-order valence-corrected chi connectivity index (χ1v) is 7.68. The molecule has 2 N–H and O–H groups in total. The van der Waals surface area contributed by atoms with Crippen LogP contribution in [0.5, 0.6) is 0 Å². The minimum atomic E-state index is -0.166. The molecule has 21 heavy (non-hydrogen) atoms. The van der Waals surface area contributed by atoms with Crippen LogP contribution in [0.15, 0.2) is 12.4 Å². The van der Waals surface area contributed by atoms with E-state index in [0.29, 0.717) is 30.1 Å². The number of hydrogen-bond acceptors (Lipinski definition) is 5. The molecule has 0 bridgehead atoms. The van der Waals surface area contributed by atoms with E-state index in [1.807, 2.05) is 0 Å². The normalized spacial score (nSPS) is 15.8. The van der Waals surface area contributed by atoms with Gasteiger partial charge in [0.25, 0.3) is 5.91 Å². The van der Waals surface area contributed by atoms with E-state index in [1.165, 1.54) is 19.0 Å². The van der Waals surface area contributed by atoms with Crippen molar-refractivity contribution in [1.29, 1.82) is 0 Å². The number of carbonyl (C=O) groups excluding carboxylic acids is 1. The molecule has 1 unspecified atom stereocenters.